The Morgan fingerprint density at radius 2 is 1.00 bits per heavy atom. The fourth-order valence-corrected chi connectivity index (χ4v) is 9.76. The number of hydrogen-bond acceptors (Lipinski definition) is 15. The number of aromatic amines is 3. The average molecular weight is 1100 g/mol. The summed E-state index contributed by atoms with van der Waals surface area (Å²) >= 11 is 0. The molecule has 0 fully saturated rings. The van der Waals surface area contributed by atoms with Crippen molar-refractivity contribution >= 4 is 98.5 Å². The molecule has 18 nitrogen and oxygen atoms in total. The number of fused-ring (bicyclic) bond motifs is 13. The minimum Gasteiger partial charge on any atom is -0.550 e. The molecule has 0 radical (unpaired) electrons. The Bertz CT molecular complexity index is 3860. The number of carbonyl (C=O) groups is 4. The summed E-state index contributed by atoms with van der Waals surface area (Å²) in [6.45, 7) is 0. The molecule has 0 saturated carbocycles. The van der Waals surface area contributed by atoms with Crippen LogP contribution < -0.4 is 144 Å². The van der Waals surface area contributed by atoms with E-state index >= 15 is 0 Å². The van der Waals surface area contributed by atoms with E-state index < -0.39 is 23.9 Å². The van der Waals surface area contributed by atoms with Crippen molar-refractivity contribution in [2.75, 3.05) is 7.05 Å². The van der Waals surface area contributed by atoms with Gasteiger partial charge in [-0.05, 0) is 155 Å². The van der Waals surface area contributed by atoms with Gasteiger partial charge in [-0.2, -0.15) is 0 Å². The van der Waals surface area contributed by atoms with E-state index in [-0.39, 0.29) is 170 Å². The average Bonchev–Trinajstić information content (AvgIpc) is 4.24. The number of hydrogen-bond donors (Lipinski definition) is 4. The third-order valence-corrected chi connectivity index (χ3v) is 13.4. The topological polar surface area (TPSA) is 286 Å². The summed E-state index contributed by atoms with van der Waals surface area (Å²) < 4.78 is 0. The third-order valence-electron chi connectivity index (χ3n) is 13.4. The Morgan fingerprint density at radius 3 is 1.57 bits per heavy atom. The molecule has 0 aromatic carbocycles. The SMILES string of the molecule is CN1C=CNC1=C1C2=NC(=C(CCC(=O)[O-])C3=NC(=C(C#Cc4c5nc(c(CCC(=O)[O-])c6ccc(cc7ccc([nH]7)c(CCC(=O)[O-])c7nc4C=C7)[nH]6)C=C5)C4=NC(=C(CCC(=O)[O-])c5ccc1[nH]5)C=C4)C=C3)C=C2.[Na+].[Na+].[Na+].[Na+]. The second-order valence-corrected chi connectivity index (χ2v) is 18.4. The maximum atomic E-state index is 12.0. The van der Waals surface area contributed by atoms with Gasteiger partial charge < -0.3 is 64.8 Å². The Labute approximate surface area is 546 Å². The van der Waals surface area contributed by atoms with Crippen LogP contribution in [0.3, 0.4) is 0 Å². The molecule has 7 aliphatic rings. The zero-order valence-corrected chi connectivity index (χ0v) is 52.6. The summed E-state index contributed by atoms with van der Waals surface area (Å²) in [6, 6.07) is 13.0. The molecule has 0 aliphatic carbocycles. The standard InChI is InChI=1S/C58H46N10O8.4Na/c1-68-29-28-59-58(68)57-51-22-20-49(66-51)37(8-26-55(73)74)47-18-14-43(64-47)34(44-15-19-48(65-44)38(9-27-56(75)76)50-21-23-52(57)67-50)5-4-33-41-12-16-45(62-41)35(6-24-53(69)70)39-10-2-31(60-39)30-32-3-11-40(61-32)36(7-25-54(71)72)46-17-13-42(33)63-46;;;;/h2-3,10-23,28-30,59-61,66H,6-9,24-27H2,1H3,(H,69,70)(H,71,72)(H,73,74)(H,75,76);;;;/q;4*+1/p-4. The number of nitrogens with zero attached hydrogens (tertiary/aromatic N) is 6. The van der Waals surface area contributed by atoms with Crippen LogP contribution >= 0.6 is 0 Å². The van der Waals surface area contributed by atoms with Gasteiger partial charge in [-0.3, -0.25) is 0 Å². The minimum atomic E-state index is -1.25. The van der Waals surface area contributed by atoms with Gasteiger partial charge in [0.1, 0.15) is 5.82 Å². The molecule has 4 aromatic heterocycles. The first-order chi connectivity index (χ1) is 36.8. The van der Waals surface area contributed by atoms with Crippen LogP contribution in [-0.2, 0) is 32.0 Å². The first-order valence-electron chi connectivity index (χ1n) is 24.4. The molecule has 7 aliphatic heterocycles. The summed E-state index contributed by atoms with van der Waals surface area (Å²) in [4.78, 5) is 85.4. The van der Waals surface area contributed by atoms with E-state index in [1.807, 2.05) is 72.8 Å². The second kappa shape index (κ2) is 26.6. The van der Waals surface area contributed by atoms with Gasteiger partial charge in [0.15, 0.2) is 0 Å². The largest absolute Gasteiger partial charge is 1.00 e. The Hall–Kier alpha value is -6.15. The van der Waals surface area contributed by atoms with Crippen molar-refractivity contribution in [2.24, 2.45) is 15.0 Å². The maximum absolute atomic E-state index is 12.0. The molecule has 11 rings (SSSR count). The summed E-state index contributed by atoms with van der Waals surface area (Å²) in [5.41, 5.74) is 12.2. The van der Waals surface area contributed by atoms with Crippen LogP contribution in [0.15, 0.2) is 140 Å². The van der Waals surface area contributed by atoms with Crippen molar-refractivity contribution in [3.8, 4) is 11.8 Å². The molecule has 0 saturated heterocycles. The summed E-state index contributed by atoms with van der Waals surface area (Å²) in [5.74, 6) is 2.49. The number of aromatic nitrogens is 5. The van der Waals surface area contributed by atoms with Crippen molar-refractivity contribution in [2.45, 2.75) is 51.4 Å². The van der Waals surface area contributed by atoms with Crippen LogP contribution in [0.5, 0.6) is 0 Å². The smallest absolute Gasteiger partial charge is 0.550 e. The zero-order valence-electron chi connectivity index (χ0n) is 44.6. The molecule has 22 heteroatoms. The number of rotatable bonds is 12. The number of aliphatic imine (C=N–C) groups is 3. The monoisotopic (exact) mass is 1100 g/mol. The van der Waals surface area contributed by atoms with Crippen molar-refractivity contribution in [1.82, 2.24) is 35.1 Å². The van der Waals surface area contributed by atoms with E-state index in [1.165, 1.54) is 0 Å². The van der Waals surface area contributed by atoms with Crippen molar-refractivity contribution in [3.63, 3.8) is 0 Å². The number of aliphatic carboxylic acids is 4. The van der Waals surface area contributed by atoms with E-state index in [0.717, 1.165) is 0 Å². The van der Waals surface area contributed by atoms with Crippen molar-refractivity contribution < 1.29 is 158 Å². The summed E-state index contributed by atoms with van der Waals surface area (Å²) in [5, 5.41) is 51.1. The molecule has 80 heavy (non-hydrogen) atoms. The number of carbonyl (C=O) groups excluding carboxylic acids is 4. The molecular weight excluding hydrogens is 1060 g/mol. The van der Waals surface area contributed by atoms with Gasteiger partial charge in [0.2, 0.25) is 0 Å². The van der Waals surface area contributed by atoms with Gasteiger partial charge in [0.05, 0.1) is 79.4 Å². The van der Waals surface area contributed by atoms with Crippen LogP contribution in [0.1, 0.15) is 89.4 Å². The molecule has 0 unspecified atom stereocenters. The molecule has 0 atom stereocenters. The maximum Gasteiger partial charge on any atom is 1.00 e. The van der Waals surface area contributed by atoms with Crippen molar-refractivity contribution in [3.05, 3.63) is 176 Å². The molecule has 4 N–H and O–H groups in total. The van der Waals surface area contributed by atoms with Crippen molar-refractivity contribution in [1.29, 1.82) is 0 Å². The van der Waals surface area contributed by atoms with Crippen LogP contribution in [0.4, 0.5) is 0 Å². The normalized spacial score (nSPS) is 16.1. The van der Waals surface area contributed by atoms with Crippen LogP contribution in [-0.4, -0.2) is 77.9 Å². The van der Waals surface area contributed by atoms with Crippen LogP contribution in [0.25, 0.3) is 57.5 Å². The molecule has 4 aromatic rings. The Balaban J connectivity index is 0.00000231. The van der Waals surface area contributed by atoms with E-state index in [4.69, 9.17) is 24.9 Å². The predicted molar refractivity (Wildman–Crippen MR) is 279 cm³/mol. The number of aryl methyl sites for hydroxylation is 2. The summed E-state index contributed by atoms with van der Waals surface area (Å²) in [6.07, 6.45) is 20.6. The first-order valence-corrected chi connectivity index (χ1v) is 24.4. The molecule has 0 amide bonds. The number of H-pyrrole nitrogens is 3. The first kappa shape index (κ1) is 61.5. The number of nitrogens with one attached hydrogen (secondary N) is 4. The van der Waals surface area contributed by atoms with Crippen LogP contribution in [0, 0.1) is 11.8 Å². The molecule has 0 spiro atoms. The van der Waals surface area contributed by atoms with E-state index in [0.29, 0.717) is 135 Å². The van der Waals surface area contributed by atoms with Gasteiger partial charge in [-0.15, -0.1) is 0 Å². The van der Waals surface area contributed by atoms with Gasteiger partial charge >= 0.3 is 118 Å². The van der Waals surface area contributed by atoms with Gasteiger partial charge in [-0.1, -0.05) is 11.8 Å². The quantitative estimate of drug-likeness (QED) is 0.0657. The zero-order chi connectivity index (χ0) is 52.6. The molecule has 11 heterocycles. The number of carboxylic acid groups (broad SMARTS) is 4. The second-order valence-electron chi connectivity index (χ2n) is 18.4. The number of carboxylic acids is 4. The molecule has 376 valence electrons. The number of allylic oxidation sites excluding steroid dienone is 10. The van der Waals surface area contributed by atoms with Gasteiger partial charge in [-0.25, -0.2) is 24.9 Å². The van der Waals surface area contributed by atoms with E-state index in [1.54, 1.807) is 54.8 Å². The summed E-state index contributed by atoms with van der Waals surface area (Å²) in [7, 11) is 1.89. The fraction of sp³-hybridized carbons (Fsp3) is 0.155. The van der Waals surface area contributed by atoms with Gasteiger partial charge in [0, 0.05) is 93.4 Å². The van der Waals surface area contributed by atoms with Gasteiger partial charge in [0.25, 0.3) is 0 Å². The molecule has 16 bridgehead atoms. The minimum absolute atomic E-state index is 0. The Morgan fingerprint density at radius 1 is 0.512 bits per heavy atom. The van der Waals surface area contributed by atoms with E-state index in [2.05, 4.69) is 32.1 Å². The van der Waals surface area contributed by atoms with E-state index in [9.17, 15) is 39.6 Å². The third kappa shape index (κ3) is 13.3. The predicted octanol–water partition coefficient (Wildman–Crippen LogP) is -8.58. The Kier molecular flexibility index (Phi) is 20.5. The fourth-order valence-electron chi connectivity index (χ4n) is 9.76. The van der Waals surface area contributed by atoms with Crippen LogP contribution in [0.2, 0.25) is 0 Å². The molecular formula is C58H42N10Na4O8.